The lowest BCUT2D eigenvalue weighted by molar-refractivity contribution is -0.141. The number of anilines is 2. The molecule has 12 heteroatoms. The number of ether oxygens (including phenoxy) is 2. The molecule has 0 unspecified atom stereocenters. The number of hydrogen-bond acceptors (Lipinski definition) is 6. The summed E-state index contributed by atoms with van der Waals surface area (Å²) in [5.41, 5.74) is 2.04. The van der Waals surface area contributed by atoms with Gasteiger partial charge in [-0.2, -0.15) is 13.2 Å². The van der Waals surface area contributed by atoms with Crippen LogP contribution in [0.5, 0.6) is 5.75 Å². The summed E-state index contributed by atoms with van der Waals surface area (Å²) >= 11 is 6.43. The van der Waals surface area contributed by atoms with Crippen LogP contribution in [-0.4, -0.2) is 47.2 Å². The van der Waals surface area contributed by atoms with E-state index >= 15 is 0 Å². The van der Waals surface area contributed by atoms with E-state index in [1.54, 1.807) is 12.1 Å². The number of alkyl halides is 3. The number of esters is 1. The number of hydrogen-bond donors (Lipinski definition) is 0. The maximum Gasteiger partial charge on any atom is 0.416 e. The Morgan fingerprint density at radius 2 is 1.80 bits per heavy atom. The molecule has 7 nitrogen and oxygen atoms in total. The average molecular weight is 609 g/mol. The fraction of sp³-hybridized carbons (Fsp3) is 0.345. The third-order valence-corrected chi connectivity index (χ3v) is 9.50. The molecule has 2 aliphatic rings. The summed E-state index contributed by atoms with van der Waals surface area (Å²) in [7, 11) is -3.17. The molecule has 0 amide bonds. The zero-order valence-electron chi connectivity index (χ0n) is 22.3. The highest BCUT2D eigenvalue weighted by Crippen LogP contribution is 2.43. The van der Waals surface area contributed by atoms with E-state index in [4.69, 9.17) is 21.1 Å². The topological polar surface area (TPSA) is 76.2 Å². The number of sulfonamides is 1. The molecule has 0 aliphatic carbocycles. The van der Waals surface area contributed by atoms with Crippen molar-refractivity contribution in [3.63, 3.8) is 0 Å². The van der Waals surface area contributed by atoms with Crippen LogP contribution in [0.3, 0.4) is 0 Å². The van der Waals surface area contributed by atoms with Crippen LogP contribution in [0.1, 0.15) is 35.4 Å². The fourth-order valence-electron chi connectivity index (χ4n) is 5.20. The number of carbonyl (C=O) groups is 1. The molecule has 0 radical (unpaired) electrons. The number of rotatable bonds is 7. The van der Waals surface area contributed by atoms with E-state index in [0.29, 0.717) is 24.2 Å². The molecule has 5 rings (SSSR count). The number of methoxy groups -OCH3 is 1. The summed E-state index contributed by atoms with van der Waals surface area (Å²) in [6, 6.07) is 14.6. The Hall–Kier alpha value is -3.44. The van der Waals surface area contributed by atoms with Gasteiger partial charge in [0.25, 0.3) is 10.0 Å². The van der Waals surface area contributed by atoms with Crippen LogP contribution < -0.4 is 13.9 Å². The lowest BCUT2D eigenvalue weighted by Gasteiger charge is -2.43. The third kappa shape index (κ3) is 5.83. The Morgan fingerprint density at radius 1 is 1.07 bits per heavy atom. The minimum atomic E-state index is -4.71. The second-order valence-corrected chi connectivity index (χ2v) is 12.4. The van der Waals surface area contributed by atoms with Crippen LogP contribution in [0.25, 0.3) is 0 Å². The van der Waals surface area contributed by atoms with E-state index in [0.717, 1.165) is 39.3 Å². The Balaban J connectivity index is 1.47. The van der Waals surface area contributed by atoms with Gasteiger partial charge in [-0.3, -0.25) is 9.10 Å². The second kappa shape index (κ2) is 11.1. The van der Waals surface area contributed by atoms with E-state index in [-0.39, 0.29) is 36.7 Å². The molecule has 0 spiro atoms. The van der Waals surface area contributed by atoms with Gasteiger partial charge in [0, 0.05) is 25.4 Å². The van der Waals surface area contributed by atoms with E-state index < -0.39 is 38.7 Å². The van der Waals surface area contributed by atoms with Crippen molar-refractivity contribution in [1.29, 1.82) is 0 Å². The van der Waals surface area contributed by atoms with Crippen molar-refractivity contribution < 1.29 is 35.9 Å². The van der Waals surface area contributed by atoms with E-state index in [9.17, 15) is 26.4 Å². The third-order valence-electron chi connectivity index (χ3n) is 7.42. The van der Waals surface area contributed by atoms with Gasteiger partial charge in [-0.05, 0) is 60.9 Å². The first-order valence-electron chi connectivity index (χ1n) is 13.0. The molecular weight excluding hydrogens is 581 g/mol. The van der Waals surface area contributed by atoms with Gasteiger partial charge in [-0.15, -0.1) is 0 Å². The van der Waals surface area contributed by atoms with Gasteiger partial charge < -0.3 is 14.4 Å². The normalized spacial score (nSPS) is 17.5. The maximum atomic E-state index is 13.8. The zero-order chi connectivity index (χ0) is 29.5. The van der Waals surface area contributed by atoms with Crippen LogP contribution in [0, 0.1) is 6.92 Å². The lowest BCUT2D eigenvalue weighted by atomic mass is 9.89. The first kappa shape index (κ1) is 29.1. The molecule has 0 saturated carbocycles. The predicted octanol–water partition coefficient (Wildman–Crippen LogP) is 6.18. The predicted molar refractivity (Wildman–Crippen MR) is 149 cm³/mol. The van der Waals surface area contributed by atoms with Crippen molar-refractivity contribution in [3.8, 4) is 5.75 Å². The summed E-state index contributed by atoms with van der Waals surface area (Å²) < 4.78 is 79.7. The van der Waals surface area contributed by atoms with Crippen LogP contribution >= 0.6 is 11.6 Å². The minimum Gasteiger partial charge on any atom is -0.486 e. The maximum absolute atomic E-state index is 13.8. The lowest BCUT2D eigenvalue weighted by Crippen LogP contribution is -2.46. The summed E-state index contributed by atoms with van der Waals surface area (Å²) in [4.78, 5) is 13.4. The van der Waals surface area contributed by atoms with Crippen molar-refractivity contribution in [2.75, 3.05) is 35.9 Å². The molecular formula is C29H28ClF3N2O5S. The largest absolute Gasteiger partial charge is 0.486 e. The van der Waals surface area contributed by atoms with Crippen LogP contribution in [0.15, 0.2) is 65.6 Å². The molecule has 2 aliphatic heterocycles. The number of halogens is 4. The highest BCUT2D eigenvalue weighted by Gasteiger charge is 2.38. The molecule has 41 heavy (non-hydrogen) atoms. The van der Waals surface area contributed by atoms with Crippen molar-refractivity contribution in [1.82, 2.24) is 0 Å². The second-order valence-electron chi connectivity index (χ2n) is 10.2. The monoisotopic (exact) mass is 608 g/mol. The Morgan fingerprint density at radius 3 is 2.49 bits per heavy atom. The summed E-state index contributed by atoms with van der Waals surface area (Å²) in [5, 5.41) is 0.652. The molecule has 1 atom stereocenters. The van der Waals surface area contributed by atoms with Crippen LogP contribution in [0.2, 0.25) is 5.02 Å². The van der Waals surface area contributed by atoms with Crippen molar-refractivity contribution in [2.24, 2.45) is 0 Å². The number of para-hydroxylation sites is 1. The van der Waals surface area contributed by atoms with Gasteiger partial charge in [0.2, 0.25) is 0 Å². The van der Waals surface area contributed by atoms with Crippen LogP contribution in [0.4, 0.5) is 24.5 Å². The highest BCUT2D eigenvalue weighted by molar-refractivity contribution is 7.92. The first-order chi connectivity index (χ1) is 19.4. The molecule has 3 aromatic carbocycles. The Kier molecular flexibility index (Phi) is 7.86. The number of benzene rings is 3. The molecule has 0 aromatic heterocycles. The molecule has 0 N–H and O–H groups in total. The Labute approximate surface area is 241 Å². The average Bonchev–Trinajstić information content (AvgIpc) is 2.91. The number of aryl methyl sites for hydroxylation is 1. The zero-order valence-corrected chi connectivity index (χ0v) is 23.9. The van der Waals surface area contributed by atoms with Gasteiger partial charge in [0.1, 0.15) is 11.9 Å². The van der Waals surface area contributed by atoms with Gasteiger partial charge in [-0.1, -0.05) is 35.9 Å². The molecule has 218 valence electrons. The van der Waals surface area contributed by atoms with Gasteiger partial charge in [-0.25, -0.2) is 8.42 Å². The van der Waals surface area contributed by atoms with Gasteiger partial charge in [0.05, 0.1) is 40.5 Å². The summed E-state index contributed by atoms with van der Waals surface area (Å²) in [6.07, 6.45) is -5.26. The highest BCUT2D eigenvalue weighted by atomic mass is 35.5. The molecule has 0 bridgehead atoms. The van der Waals surface area contributed by atoms with E-state index in [1.807, 2.05) is 31.2 Å². The molecule has 1 fully saturated rings. The van der Waals surface area contributed by atoms with Gasteiger partial charge in [0.15, 0.2) is 0 Å². The first-order valence-corrected chi connectivity index (χ1v) is 14.8. The number of carbonyl (C=O) groups excluding carboxylic acids is 1. The Bertz CT molecular complexity index is 1550. The summed E-state index contributed by atoms with van der Waals surface area (Å²) in [6.45, 7) is 3.12. The number of nitrogens with zero attached hydrogens (tertiary/aromatic N) is 2. The van der Waals surface area contributed by atoms with Crippen molar-refractivity contribution >= 4 is 39.0 Å². The molecule has 3 aromatic rings. The summed E-state index contributed by atoms with van der Waals surface area (Å²) in [5.74, 6) is -0.139. The fourth-order valence-corrected chi connectivity index (χ4v) is 7.08. The van der Waals surface area contributed by atoms with Crippen molar-refractivity contribution in [3.05, 3.63) is 82.4 Å². The smallest absolute Gasteiger partial charge is 0.416 e. The quantitative estimate of drug-likeness (QED) is 0.298. The minimum absolute atomic E-state index is 0.00853. The number of fused-ring (bicyclic) bond motifs is 1. The van der Waals surface area contributed by atoms with E-state index in [2.05, 4.69) is 4.90 Å². The van der Waals surface area contributed by atoms with Crippen LogP contribution in [-0.2, 0) is 25.7 Å². The van der Waals surface area contributed by atoms with Gasteiger partial charge >= 0.3 is 12.1 Å². The van der Waals surface area contributed by atoms with E-state index in [1.165, 1.54) is 7.11 Å². The molecule has 2 heterocycles. The molecule has 1 saturated heterocycles. The standard InChI is InChI=1S/C29H28ClF3N2O5S/c1-18-5-3-8-24(30)28(18)34-15-20(16-34)19-9-11-26-25(13-19)35(17-22(40-26)10-12-27(36)39-2)41(37,38)23-7-4-6-21(14-23)29(31,32)33/h3-9,11,13-14,20,22H,10,12,15-17H2,1-2H3/t22-/m0/s1. The SMILES string of the molecule is COC(=O)CC[C@H]1CN(S(=O)(=O)c2cccc(C(F)(F)F)c2)c2cc(C3CN(c4c(C)cccc4Cl)C3)ccc2O1. The van der Waals surface area contributed by atoms with Crippen molar-refractivity contribution in [2.45, 2.75) is 42.9 Å².